The molecule has 24 heavy (non-hydrogen) atoms. The number of rotatable bonds is 5. The van der Waals surface area contributed by atoms with Gasteiger partial charge in [-0.25, -0.2) is 8.42 Å². The Morgan fingerprint density at radius 2 is 1.67 bits per heavy atom. The van der Waals surface area contributed by atoms with Gasteiger partial charge in [0.2, 0.25) is 10.0 Å². The predicted molar refractivity (Wildman–Crippen MR) is 89.6 cm³/mol. The molecule has 0 aromatic heterocycles. The Kier molecular flexibility index (Phi) is 3.94. The van der Waals surface area contributed by atoms with Gasteiger partial charge in [0.15, 0.2) is 11.5 Å². The molecule has 1 saturated carbocycles. The van der Waals surface area contributed by atoms with Crippen molar-refractivity contribution in [1.29, 1.82) is 0 Å². The van der Waals surface area contributed by atoms with Crippen LogP contribution in [0.25, 0.3) is 0 Å². The van der Waals surface area contributed by atoms with E-state index < -0.39 is 10.0 Å². The number of sulfonamides is 1. The third kappa shape index (κ3) is 2.99. The average molecular weight is 345 g/mol. The highest BCUT2D eigenvalue weighted by Crippen LogP contribution is 2.37. The molecule has 0 saturated heterocycles. The van der Waals surface area contributed by atoms with Crippen LogP contribution in [0.3, 0.4) is 0 Å². The van der Waals surface area contributed by atoms with Crippen LogP contribution < -0.4 is 9.47 Å². The van der Waals surface area contributed by atoms with Crippen molar-refractivity contribution in [3.8, 4) is 11.5 Å². The summed E-state index contributed by atoms with van der Waals surface area (Å²) < 4.78 is 38.9. The first-order chi connectivity index (χ1) is 11.6. The standard InChI is InChI=1S/C18H19NO4S/c20-24(21,16-8-9-17-18(12-16)23-11-10-22-17)19(15-6-7-15)13-14-4-2-1-3-5-14/h1-5,8-9,12,15H,6-7,10-11,13H2. The van der Waals surface area contributed by atoms with Gasteiger partial charge in [-0.2, -0.15) is 4.31 Å². The normalized spacial score (nSPS) is 17.0. The lowest BCUT2D eigenvalue weighted by Crippen LogP contribution is -2.32. The maximum atomic E-state index is 13.1. The molecule has 2 aliphatic rings. The molecule has 2 aromatic carbocycles. The minimum Gasteiger partial charge on any atom is -0.486 e. The Morgan fingerprint density at radius 1 is 0.958 bits per heavy atom. The molecule has 1 fully saturated rings. The van der Waals surface area contributed by atoms with Gasteiger partial charge >= 0.3 is 0 Å². The van der Waals surface area contributed by atoms with Crippen molar-refractivity contribution >= 4 is 10.0 Å². The van der Waals surface area contributed by atoms with E-state index in [2.05, 4.69) is 0 Å². The fourth-order valence-electron chi connectivity index (χ4n) is 2.86. The first kappa shape index (κ1) is 15.5. The molecule has 126 valence electrons. The quantitative estimate of drug-likeness (QED) is 0.836. The van der Waals surface area contributed by atoms with E-state index in [0.717, 1.165) is 18.4 Å². The Hall–Kier alpha value is -2.05. The van der Waals surface area contributed by atoms with E-state index in [9.17, 15) is 8.42 Å². The Morgan fingerprint density at radius 3 is 2.38 bits per heavy atom. The summed E-state index contributed by atoms with van der Waals surface area (Å²) in [6.07, 6.45) is 1.83. The Bertz CT molecular complexity index is 831. The molecule has 0 N–H and O–H groups in total. The van der Waals surface area contributed by atoms with Crippen molar-refractivity contribution in [2.45, 2.75) is 30.3 Å². The maximum Gasteiger partial charge on any atom is 0.243 e. The topological polar surface area (TPSA) is 55.8 Å². The summed E-state index contributed by atoms with van der Waals surface area (Å²) in [5.74, 6) is 1.10. The Balaban J connectivity index is 1.66. The van der Waals surface area contributed by atoms with Gasteiger partial charge in [-0.15, -0.1) is 0 Å². The zero-order valence-electron chi connectivity index (χ0n) is 13.2. The molecule has 0 bridgehead atoms. The molecule has 0 radical (unpaired) electrons. The van der Waals surface area contributed by atoms with Gasteiger partial charge in [0.05, 0.1) is 4.90 Å². The van der Waals surface area contributed by atoms with Gasteiger partial charge in [0.1, 0.15) is 13.2 Å². The molecule has 6 heteroatoms. The first-order valence-electron chi connectivity index (χ1n) is 8.10. The fraction of sp³-hybridized carbons (Fsp3) is 0.333. The monoisotopic (exact) mass is 345 g/mol. The number of nitrogens with zero attached hydrogens (tertiary/aromatic N) is 1. The molecule has 0 amide bonds. The van der Waals surface area contributed by atoms with Gasteiger partial charge in [-0.3, -0.25) is 0 Å². The summed E-state index contributed by atoms with van der Waals surface area (Å²) in [6, 6.07) is 14.6. The molecule has 1 aliphatic heterocycles. The molecule has 0 spiro atoms. The number of ether oxygens (including phenoxy) is 2. The van der Waals surface area contributed by atoms with Crippen LogP contribution in [0.2, 0.25) is 0 Å². The average Bonchev–Trinajstić information content (AvgIpc) is 3.45. The van der Waals surface area contributed by atoms with Gasteiger partial charge in [-0.05, 0) is 30.5 Å². The van der Waals surface area contributed by atoms with Crippen LogP contribution in [-0.4, -0.2) is 32.0 Å². The highest BCUT2D eigenvalue weighted by Gasteiger charge is 2.38. The van der Waals surface area contributed by atoms with Crippen molar-refractivity contribution < 1.29 is 17.9 Å². The number of hydrogen-bond donors (Lipinski definition) is 0. The van der Waals surface area contributed by atoms with E-state index in [1.807, 2.05) is 30.3 Å². The summed E-state index contributed by atoms with van der Waals surface area (Å²) in [5.41, 5.74) is 0.991. The summed E-state index contributed by atoms with van der Waals surface area (Å²) in [6.45, 7) is 1.32. The summed E-state index contributed by atoms with van der Waals surface area (Å²) in [7, 11) is -3.57. The third-order valence-corrected chi connectivity index (χ3v) is 6.15. The van der Waals surface area contributed by atoms with Crippen LogP contribution in [0.15, 0.2) is 53.4 Å². The fourth-order valence-corrected chi connectivity index (χ4v) is 4.54. The second-order valence-electron chi connectivity index (χ2n) is 6.07. The number of fused-ring (bicyclic) bond motifs is 1. The lowest BCUT2D eigenvalue weighted by molar-refractivity contribution is 0.171. The highest BCUT2D eigenvalue weighted by molar-refractivity contribution is 7.89. The number of benzene rings is 2. The van der Waals surface area contributed by atoms with E-state index in [1.54, 1.807) is 22.5 Å². The molecule has 0 atom stereocenters. The third-order valence-electron chi connectivity index (χ3n) is 4.26. The summed E-state index contributed by atoms with van der Waals surface area (Å²) in [4.78, 5) is 0.259. The second kappa shape index (κ2) is 6.11. The molecule has 4 rings (SSSR count). The zero-order chi connectivity index (χ0) is 16.6. The minimum absolute atomic E-state index is 0.0865. The molecular formula is C18H19NO4S. The van der Waals surface area contributed by atoms with Crippen molar-refractivity contribution in [3.05, 3.63) is 54.1 Å². The van der Waals surface area contributed by atoms with Crippen LogP contribution in [-0.2, 0) is 16.6 Å². The van der Waals surface area contributed by atoms with Crippen LogP contribution in [0, 0.1) is 0 Å². The molecule has 2 aromatic rings. The van der Waals surface area contributed by atoms with Crippen molar-refractivity contribution in [3.63, 3.8) is 0 Å². The minimum atomic E-state index is -3.57. The van der Waals surface area contributed by atoms with Crippen LogP contribution in [0.5, 0.6) is 11.5 Å². The van der Waals surface area contributed by atoms with E-state index in [-0.39, 0.29) is 10.9 Å². The molecule has 5 nitrogen and oxygen atoms in total. The lowest BCUT2D eigenvalue weighted by Gasteiger charge is -2.24. The van der Waals surface area contributed by atoms with E-state index in [0.29, 0.717) is 31.3 Å². The summed E-state index contributed by atoms with van der Waals surface area (Å²) >= 11 is 0. The van der Waals surface area contributed by atoms with Crippen molar-refractivity contribution in [1.82, 2.24) is 4.31 Å². The molecule has 1 heterocycles. The van der Waals surface area contributed by atoms with Crippen LogP contribution in [0.4, 0.5) is 0 Å². The molecular weight excluding hydrogens is 326 g/mol. The highest BCUT2D eigenvalue weighted by atomic mass is 32.2. The van der Waals surface area contributed by atoms with Gasteiger partial charge < -0.3 is 9.47 Å². The van der Waals surface area contributed by atoms with Crippen molar-refractivity contribution in [2.75, 3.05) is 13.2 Å². The van der Waals surface area contributed by atoms with E-state index in [1.165, 1.54) is 0 Å². The summed E-state index contributed by atoms with van der Waals surface area (Å²) in [5, 5.41) is 0. The second-order valence-corrected chi connectivity index (χ2v) is 7.96. The predicted octanol–water partition coefficient (Wildman–Crippen LogP) is 2.81. The smallest absolute Gasteiger partial charge is 0.243 e. The van der Waals surface area contributed by atoms with Gasteiger partial charge in [0.25, 0.3) is 0 Å². The van der Waals surface area contributed by atoms with Crippen molar-refractivity contribution in [2.24, 2.45) is 0 Å². The van der Waals surface area contributed by atoms with Gasteiger partial charge in [0, 0.05) is 18.7 Å². The molecule has 0 unspecified atom stereocenters. The van der Waals surface area contributed by atoms with E-state index in [4.69, 9.17) is 9.47 Å². The largest absolute Gasteiger partial charge is 0.486 e. The first-order valence-corrected chi connectivity index (χ1v) is 9.54. The number of hydrogen-bond acceptors (Lipinski definition) is 4. The van der Waals surface area contributed by atoms with Crippen LogP contribution >= 0.6 is 0 Å². The van der Waals surface area contributed by atoms with Gasteiger partial charge in [-0.1, -0.05) is 30.3 Å². The lowest BCUT2D eigenvalue weighted by atomic mass is 10.2. The maximum absolute atomic E-state index is 13.1. The SMILES string of the molecule is O=S(=O)(c1ccc2c(c1)OCCO2)N(Cc1ccccc1)C1CC1. The van der Waals surface area contributed by atoms with Crippen LogP contribution in [0.1, 0.15) is 18.4 Å². The van der Waals surface area contributed by atoms with E-state index >= 15 is 0 Å². The zero-order valence-corrected chi connectivity index (χ0v) is 14.0. The molecule has 1 aliphatic carbocycles. The Labute approximate surface area is 141 Å².